The highest BCUT2D eigenvalue weighted by Gasteiger charge is 2.13. The van der Waals surface area contributed by atoms with Gasteiger partial charge in [-0.1, -0.05) is 12.1 Å². The summed E-state index contributed by atoms with van der Waals surface area (Å²) in [4.78, 5) is 24.5. The van der Waals surface area contributed by atoms with Gasteiger partial charge in [-0.3, -0.25) is 19.8 Å². The number of amides is 1. The van der Waals surface area contributed by atoms with Gasteiger partial charge < -0.3 is 14.8 Å². The van der Waals surface area contributed by atoms with Crippen molar-refractivity contribution in [3.63, 3.8) is 0 Å². The molecule has 0 aliphatic carbocycles. The Bertz CT molecular complexity index is 838. The Morgan fingerprint density at radius 3 is 2.48 bits per heavy atom. The minimum absolute atomic E-state index is 0.0606. The second-order valence-corrected chi connectivity index (χ2v) is 6.17. The van der Waals surface area contributed by atoms with E-state index < -0.39 is 4.92 Å². The Morgan fingerprint density at radius 2 is 1.85 bits per heavy atom. The molecule has 0 radical (unpaired) electrons. The first kappa shape index (κ1) is 20.2. The molecule has 1 N–H and O–H groups in total. The predicted molar refractivity (Wildman–Crippen MR) is 102 cm³/mol. The van der Waals surface area contributed by atoms with Crippen molar-refractivity contribution in [2.75, 3.05) is 33.1 Å². The number of nitrogens with zero attached hydrogens (tertiary/aromatic N) is 2. The highest BCUT2D eigenvalue weighted by Crippen LogP contribution is 2.28. The third kappa shape index (κ3) is 5.42. The second-order valence-electron chi connectivity index (χ2n) is 6.17. The first-order valence-electron chi connectivity index (χ1n) is 8.28. The van der Waals surface area contributed by atoms with Crippen LogP contribution in [0.25, 0.3) is 0 Å². The summed E-state index contributed by atoms with van der Waals surface area (Å²) in [5.74, 6) is 1.02. The maximum absolute atomic E-state index is 12.3. The average molecular weight is 373 g/mol. The normalized spacial score (nSPS) is 10.6. The molecule has 1 amide bonds. The van der Waals surface area contributed by atoms with E-state index in [1.54, 1.807) is 27.2 Å². The van der Waals surface area contributed by atoms with Crippen LogP contribution >= 0.6 is 0 Å². The molecule has 2 rings (SSSR count). The van der Waals surface area contributed by atoms with Crippen molar-refractivity contribution in [3.05, 3.63) is 57.6 Å². The number of aryl methyl sites for hydroxylation is 1. The summed E-state index contributed by atoms with van der Waals surface area (Å²) in [6, 6.07) is 9.96. The Balaban J connectivity index is 2.00. The van der Waals surface area contributed by atoms with Gasteiger partial charge >= 0.3 is 0 Å². The maximum Gasteiger partial charge on any atom is 0.271 e. The van der Waals surface area contributed by atoms with E-state index in [-0.39, 0.29) is 18.1 Å². The van der Waals surface area contributed by atoms with Crippen molar-refractivity contribution in [2.45, 2.75) is 13.5 Å². The van der Waals surface area contributed by atoms with Gasteiger partial charge in [0, 0.05) is 18.7 Å². The zero-order valence-corrected chi connectivity index (χ0v) is 15.8. The highest BCUT2D eigenvalue weighted by atomic mass is 16.6. The van der Waals surface area contributed by atoms with Gasteiger partial charge in [0.2, 0.25) is 5.91 Å². The fraction of sp³-hybridized carbons (Fsp3) is 0.316. The van der Waals surface area contributed by atoms with Crippen LogP contribution in [0.1, 0.15) is 11.1 Å². The fourth-order valence-electron chi connectivity index (χ4n) is 2.64. The molecule has 0 unspecified atom stereocenters. The van der Waals surface area contributed by atoms with Crippen LogP contribution in [-0.2, 0) is 11.3 Å². The van der Waals surface area contributed by atoms with E-state index in [0.717, 1.165) is 11.1 Å². The summed E-state index contributed by atoms with van der Waals surface area (Å²) in [5.41, 5.74) is 2.11. The van der Waals surface area contributed by atoms with Gasteiger partial charge in [0.15, 0.2) is 11.5 Å². The standard InChI is InChI=1S/C19H23N3O5/c1-13-5-7-15(22(24)25)10-16(13)20-19(23)12-21(2)11-14-6-8-17(26-3)18(9-14)27-4/h5-10H,11-12H2,1-4H3,(H,20,23). The van der Waals surface area contributed by atoms with E-state index >= 15 is 0 Å². The minimum atomic E-state index is -0.488. The average Bonchev–Trinajstić information content (AvgIpc) is 2.62. The van der Waals surface area contributed by atoms with Gasteiger partial charge in [0.25, 0.3) is 5.69 Å². The number of nitro groups is 1. The molecule has 8 heteroatoms. The second kappa shape index (κ2) is 9.00. The molecule has 144 valence electrons. The number of nitrogens with one attached hydrogen (secondary N) is 1. The molecule has 0 saturated carbocycles. The third-order valence-corrected chi connectivity index (χ3v) is 4.02. The number of nitro benzene ring substituents is 1. The lowest BCUT2D eigenvalue weighted by molar-refractivity contribution is -0.384. The Labute approximate surface area is 157 Å². The smallest absolute Gasteiger partial charge is 0.271 e. The molecule has 0 aliphatic heterocycles. The number of hydrogen-bond donors (Lipinski definition) is 1. The number of non-ortho nitro benzene ring substituents is 1. The van der Waals surface area contributed by atoms with Crippen LogP contribution in [0, 0.1) is 17.0 Å². The molecule has 2 aromatic rings. The molecule has 0 bridgehead atoms. The third-order valence-electron chi connectivity index (χ3n) is 4.02. The van der Waals surface area contributed by atoms with Gasteiger partial charge in [0.1, 0.15) is 0 Å². The van der Waals surface area contributed by atoms with E-state index in [1.807, 2.05) is 30.1 Å². The molecule has 0 spiro atoms. The van der Waals surface area contributed by atoms with Crippen molar-refractivity contribution in [1.82, 2.24) is 4.90 Å². The molecule has 2 aromatic carbocycles. The topological polar surface area (TPSA) is 93.9 Å². The van der Waals surface area contributed by atoms with Crippen molar-refractivity contribution < 1.29 is 19.2 Å². The molecule has 0 aromatic heterocycles. The number of carbonyl (C=O) groups is 1. The van der Waals surface area contributed by atoms with Gasteiger partial charge in [0.05, 0.1) is 31.4 Å². The molecular formula is C19H23N3O5. The van der Waals surface area contributed by atoms with Crippen LogP contribution in [0.5, 0.6) is 11.5 Å². The van der Waals surface area contributed by atoms with Crippen LogP contribution in [0.15, 0.2) is 36.4 Å². The number of carbonyl (C=O) groups excluding carboxylic acids is 1. The van der Waals surface area contributed by atoms with Crippen molar-refractivity contribution in [3.8, 4) is 11.5 Å². The van der Waals surface area contributed by atoms with E-state index in [4.69, 9.17) is 9.47 Å². The van der Waals surface area contributed by atoms with Crippen LogP contribution in [0.3, 0.4) is 0 Å². The largest absolute Gasteiger partial charge is 0.493 e. The van der Waals surface area contributed by atoms with Crippen LogP contribution < -0.4 is 14.8 Å². The summed E-state index contributed by atoms with van der Waals surface area (Å²) < 4.78 is 10.5. The SMILES string of the molecule is COc1ccc(CN(C)CC(=O)Nc2cc([N+](=O)[O-])ccc2C)cc1OC. The van der Waals surface area contributed by atoms with E-state index in [0.29, 0.717) is 23.7 Å². The zero-order chi connectivity index (χ0) is 20.0. The predicted octanol–water partition coefficient (Wildman–Crippen LogP) is 2.99. The van der Waals surface area contributed by atoms with Crippen LogP contribution in [-0.4, -0.2) is 43.5 Å². The summed E-state index contributed by atoms with van der Waals surface area (Å²) in [5, 5.41) is 13.6. The Hall–Kier alpha value is -3.13. The van der Waals surface area contributed by atoms with Gasteiger partial charge in [-0.05, 0) is 37.2 Å². The molecule has 27 heavy (non-hydrogen) atoms. The van der Waals surface area contributed by atoms with Crippen molar-refractivity contribution in [2.24, 2.45) is 0 Å². The highest BCUT2D eigenvalue weighted by molar-refractivity contribution is 5.93. The van der Waals surface area contributed by atoms with E-state index in [1.165, 1.54) is 12.1 Å². The monoisotopic (exact) mass is 373 g/mol. The number of hydrogen-bond acceptors (Lipinski definition) is 6. The van der Waals surface area contributed by atoms with Gasteiger partial charge in [-0.25, -0.2) is 0 Å². The van der Waals surface area contributed by atoms with E-state index in [2.05, 4.69) is 5.32 Å². The summed E-state index contributed by atoms with van der Waals surface area (Å²) >= 11 is 0. The number of rotatable bonds is 8. The number of anilines is 1. The molecule has 0 heterocycles. The first-order valence-corrected chi connectivity index (χ1v) is 8.28. The zero-order valence-electron chi connectivity index (χ0n) is 15.8. The first-order chi connectivity index (χ1) is 12.8. The summed E-state index contributed by atoms with van der Waals surface area (Å²) in [7, 11) is 4.96. The van der Waals surface area contributed by atoms with Crippen LogP contribution in [0.4, 0.5) is 11.4 Å². The molecule has 8 nitrogen and oxygen atoms in total. The maximum atomic E-state index is 12.3. The molecule has 0 fully saturated rings. The molecular weight excluding hydrogens is 350 g/mol. The lowest BCUT2D eigenvalue weighted by atomic mass is 10.1. The number of likely N-dealkylation sites (N-methyl/N-ethyl adjacent to an activating group) is 1. The minimum Gasteiger partial charge on any atom is -0.493 e. The number of methoxy groups -OCH3 is 2. The number of benzene rings is 2. The number of ether oxygens (including phenoxy) is 2. The van der Waals surface area contributed by atoms with Crippen molar-refractivity contribution >= 4 is 17.3 Å². The lowest BCUT2D eigenvalue weighted by Crippen LogP contribution is -2.30. The van der Waals surface area contributed by atoms with E-state index in [9.17, 15) is 14.9 Å². The van der Waals surface area contributed by atoms with Gasteiger partial charge in [-0.2, -0.15) is 0 Å². The molecule has 0 atom stereocenters. The lowest BCUT2D eigenvalue weighted by Gasteiger charge is -2.18. The summed E-state index contributed by atoms with van der Waals surface area (Å²) in [6.45, 7) is 2.45. The quantitative estimate of drug-likeness (QED) is 0.565. The molecule has 0 saturated heterocycles. The molecule has 0 aliphatic rings. The Morgan fingerprint density at radius 1 is 1.15 bits per heavy atom. The fourth-order valence-corrected chi connectivity index (χ4v) is 2.64. The van der Waals surface area contributed by atoms with Gasteiger partial charge in [-0.15, -0.1) is 0 Å². The van der Waals surface area contributed by atoms with Crippen LogP contribution in [0.2, 0.25) is 0 Å². The van der Waals surface area contributed by atoms with Crippen molar-refractivity contribution in [1.29, 1.82) is 0 Å². The Kier molecular flexibility index (Phi) is 6.73. The summed E-state index contributed by atoms with van der Waals surface area (Å²) in [6.07, 6.45) is 0.